The third kappa shape index (κ3) is 11.0. The summed E-state index contributed by atoms with van der Waals surface area (Å²) in [7, 11) is 0. The van der Waals surface area contributed by atoms with E-state index in [0.717, 1.165) is 64.7 Å². The van der Waals surface area contributed by atoms with Crippen molar-refractivity contribution in [2.75, 3.05) is 54.8 Å². The molecule has 4 amide bonds. The van der Waals surface area contributed by atoms with Crippen LogP contribution in [-0.4, -0.2) is 102 Å². The van der Waals surface area contributed by atoms with Crippen LogP contribution in [0.4, 0.5) is 26.8 Å². The number of carbonyl (C=O) groups excluding carboxylic acids is 2. The number of benzene rings is 2. The number of carbonyl (C=O) groups is 2. The third-order valence-corrected chi connectivity index (χ3v) is 14.2. The molecule has 0 bridgehead atoms. The highest BCUT2D eigenvalue weighted by Crippen LogP contribution is 2.40. The molecule has 4 saturated heterocycles. The number of hydrogen-bond donors (Lipinski definition) is 4. The van der Waals surface area contributed by atoms with Gasteiger partial charge in [-0.1, -0.05) is 82.2 Å². The third-order valence-electron chi connectivity index (χ3n) is 11.6. The molecule has 2 unspecified atom stereocenters. The summed E-state index contributed by atoms with van der Waals surface area (Å²) in [6, 6.07) is 16.7. The number of nitrogens with one attached hydrogen (secondary N) is 3. The van der Waals surface area contributed by atoms with Gasteiger partial charge in [-0.3, -0.25) is 0 Å². The van der Waals surface area contributed by atoms with Crippen LogP contribution in [0.3, 0.4) is 0 Å². The highest BCUT2D eigenvalue weighted by molar-refractivity contribution is 9.11. The van der Waals surface area contributed by atoms with Crippen molar-refractivity contribution in [3.05, 3.63) is 107 Å². The number of aromatic nitrogens is 6. The van der Waals surface area contributed by atoms with Crippen molar-refractivity contribution in [3.8, 4) is 0 Å². The molecule has 8 heterocycles. The molecule has 2 aromatic carbocycles. The summed E-state index contributed by atoms with van der Waals surface area (Å²) < 4.78 is 7.77. The maximum Gasteiger partial charge on any atom is 0.322 e. The van der Waals surface area contributed by atoms with E-state index >= 15 is 0 Å². The fraction of sp³-hybridized carbons (Fsp3) is 0.395. The minimum absolute atomic E-state index is 0.0800. The Kier molecular flexibility index (Phi) is 14.9. The first-order chi connectivity index (χ1) is 30.4. The molecule has 0 aliphatic carbocycles. The molecule has 4 atom stereocenters. The zero-order valence-electron chi connectivity index (χ0n) is 34.4. The monoisotopic (exact) mass is 1130 g/mol. The number of halogens is 5. The van der Waals surface area contributed by atoms with Gasteiger partial charge in [0.15, 0.2) is 11.3 Å². The predicted octanol–water partition coefficient (Wildman–Crippen LogP) is 10.1. The number of anilines is 3. The molecule has 4 aliphatic rings. The first-order valence-corrected chi connectivity index (χ1v) is 24.5. The van der Waals surface area contributed by atoms with Crippen molar-refractivity contribution >= 4 is 116 Å². The summed E-state index contributed by atoms with van der Waals surface area (Å²) >= 11 is 20.2. The van der Waals surface area contributed by atoms with E-state index in [1.165, 1.54) is 39.2 Å². The van der Waals surface area contributed by atoms with Crippen molar-refractivity contribution in [1.29, 1.82) is 0 Å². The molecule has 20 heteroatoms. The molecule has 332 valence electrons. The standard InChI is InChI=1S/C22H24Br2N6O.C11H12ClN5O2.C10H11Br2N/c1-14-6-9-28(13-14)22(31)26-18-12-25-30-10-7-20(27-21(18)30)29-8-2-3-19(29)16-11-15(23)4-5-17(16)24;12-9-2-4-17-10(15-9)8(5-13-17)14-11(19)16-3-1-7(18)6-16;11-7-3-4-9(12)8(6-7)10-2-1-5-13-10/h4-5,7,10-12,14,19H,2-3,6,8-9,13H2,1H3,(H,26,31);2,4-5,7,18H,1,3,6H2,(H,14,19);3-4,6,10,13H,1-2,5H2/t14-,19?;7-;/m00./s1. The van der Waals surface area contributed by atoms with Crippen LogP contribution in [0.15, 0.2) is 91.2 Å². The van der Waals surface area contributed by atoms with Crippen LogP contribution in [-0.2, 0) is 0 Å². The Morgan fingerprint density at radius 2 is 1.37 bits per heavy atom. The Morgan fingerprint density at radius 1 is 0.746 bits per heavy atom. The molecular weight excluding hydrogens is 1090 g/mol. The molecule has 0 spiro atoms. The van der Waals surface area contributed by atoms with E-state index in [9.17, 15) is 14.7 Å². The fourth-order valence-corrected chi connectivity index (χ4v) is 10.3. The summed E-state index contributed by atoms with van der Waals surface area (Å²) in [5.41, 5.74) is 4.91. The topological polar surface area (TPSA) is 161 Å². The molecule has 0 radical (unpaired) electrons. The van der Waals surface area contributed by atoms with Crippen molar-refractivity contribution in [2.24, 2.45) is 5.92 Å². The van der Waals surface area contributed by atoms with Gasteiger partial charge in [-0.25, -0.2) is 28.6 Å². The van der Waals surface area contributed by atoms with E-state index in [-0.39, 0.29) is 18.1 Å². The number of nitrogens with zero attached hydrogens (tertiary/aromatic N) is 9. The van der Waals surface area contributed by atoms with E-state index in [4.69, 9.17) is 16.6 Å². The smallest absolute Gasteiger partial charge is 0.322 e. The van der Waals surface area contributed by atoms with Crippen molar-refractivity contribution in [2.45, 2.75) is 63.6 Å². The van der Waals surface area contributed by atoms with Crippen LogP contribution in [0.25, 0.3) is 11.3 Å². The lowest BCUT2D eigenvalue weighted by Gasteiger charge is -2.27. The number of amides is 4. The Hall–Kier alpha value is -3.85. The van der Waals surface area contributed by atoms with Crippen LogP contribution in [0.5, 0.6) is 0 Å². The zero-order valence-corrected chi connectivity index (χ0v) is 41.5. The lowest BCUT2D eigenvalue weighted by Crippen LogP contribution is -2.33. The van der Waals surface area contributed by atoms with Gasteiger partial charge in [0.25, 0.3) is 0 Å². The first-order valence-electron chi connectivity index (χ1n) is 20.9. The SMILES string of the molecule is Brc1ccc(Br)c(C2CCCN2)c1.C[C@H]1CCN(C(=O)Nc2cnn3ccc(N4CCCC4c4cc(Br)ccc4Br)nc23)C1.O=C(Nc1cnn2ccc(Cl)nc12)N1CC[C@H](O)C1. The van der Waals surface area contributed by atoms with E-state index in [1.807, 2.05) is 23.2 Å². The van der Waals surface area contributed by atoms with Gasteiger partial charge in [-0.05, 0) is 111 Å². The highest BCUT2D eigenvalue weighted by Gasteiger charge is 2.30. The second-order valence-electron chi connectivity index (χ2n) is 16.1. The summed E-state index contributed by atoms with van der Waals surface area (Å²) in [5, 5.41) is 27.4. The largest absolute Gasteiger partial charge is 0.391 e. The number of fused-ring (bicyclic) bond motifs is 2. The number of β-amino-alcohol motifs (C(OH)–C–C–N with tert-alkyl or cyclic N) is 1. The molecule has 6 aromatic rings. The molecule has 15 nitrogen and oxygen atoms in total. The summed E-state index contributed by atoms with van der Waals surface area (Å²) in [6.45, 7) is 6.73. The van der Waals surface area contributed by atoms with Crippen LogP contribution >= 0.6 is 75.3 Å². The first kappa shape index (κ1) is 45.7. The number of urea groups is 2. The van der Waals surface area contributed by atoms with Gasteiger partial charge in [-0.2, -0.15) is 10.2 Å². The molecular formula is C43H47Br4ClN12O3. The molecule has 4 fully saturated rings. The zero-order chi connectivity index (χ0) is 44.2. The lowest BCUT2D eigenvalue weighted by molar-refractivity contribution is 0.176. The van der Waals surface area contributed by atoms with Gasteiger partial charge < -0.3 is 35.8 Å². The van der Waals surface area contributed by atoms with Gasteiger partial charge in [0.1, 0.15) is 22.3 Å². The van der Waals surface area contributed by atoms with Gasteiger partial charge in [0, 0.05) is 69.1 Å². The van der Waals surface area contributed by atoms with Gasteiger partial charge in [0.2, 0.25) is 0 Å². The summed E-state index contributed by atoms with van der Waals surface area (Å²) in [4.78, 5) is 39.4. The number of likely N-dealkylation sites (tertiary alicyclic amines) is 2. The van der Waals surface area contributed by atoms with Crippen molar-refractivity contribution in [3.63, 3.8) is 0 Å². The molecule has 4 aliphatic heterocycles. The Morgan fingerprint density at radius 3 is 1.98 bits per heavy atom. The van der Waals surface area contributed by atoms with E-state index < -0.39 is 6.10 Å². The van der Waals surface area contributed by atoms with Crippen LogP contribution in [0.2, 0.25) is 5.15 Å². The molecule has 4 aromatic heterocycles. The predicted molar refractivity (Wildman–Crippen MR) is 260 cm³/mol. The Labute approximate surface area is 403 Å². The Balaban J connectivity index is 0.000000144. The minimum atomic E-state index is -0.442. The van der Waals surface area contributed by atoms with E-state index in [1.54, 1.807) is 27.9 Å². The second kappa shape index (κ2) is 20.5. The quantitative estimate of drug-likeness (QED) is 0.123. The highest BCUT2D eigenvalue weighted by atomic mass is 79.9. The maximum atomic E-state index is 12.7. The summed E-state index contributed by atoms with van der Waals surface area (Å²) in [6.07, 6.45) is 12.7. The number of aliphatic hydroxyl groups is 1. The van der Waals surface area contributed by atoms with E-state index in [2.05, 4.69) is 137 Å². The minimum Gasteiger partial charge on any atom is -0.391 e. The Bertz CT molecular complexity index is 2590. The fourth-order valence-electron chi connectivity index (χ4n) is 8.34. The number of rotatable bonds is 5. The summed E-state index contributed by atoms with van der Waals surface area (Å²) in [5.74, 6) is 1.44. The van der Waals surface area contributed by atoms with Crippen LogP contribution in [0.1, 0.15) is 68.7 Å². The normalized spacial score (nSPS) is 20.8. The molecule has 4 N–H and O–H groups in total. The van der Waals surface area contributed by atoms with Crippen molar-refractivity contribution < 1.29 is 14.7 Å². The average Bonchev–Trinajstić information content (AvgIpc) is 4.14. The second-order valence-corrected chi connectivity index (χ2v) is 20.0. The lowest BCUT2D eigenvalue weighted by atomic mass is 10.0. The van der Waals surface area contributed by atoms with Gasteiger partial charge in [0.05, 0.1) is 24.5 Å². The van der Waals surface area contributed by atoms with Gasteiger partial charge in [-0.15, -0.1) is 0 Å². The average molecular weight is 1130 g/mol. The van der Waals surface area contributed by atoms with Crippen LogP contribution in [0, 0.1) is 5.92 Å². The van der Waals surface area contributed by atoms with Crippen LogP contribution < -0.4 is 20.9 Å². The number of hydrogen-bond acceptors (Lipinski definition) is 9. The van der Waals surface area contributed by atoms with Gasteiger partial charge >= 0.3 is 12.1 Å². The molecule has 0 saturated carbocycles. The molecule has 63 heavy (non-hydrogen) atoms. The van der Waals surface area contributed by atoms with Crippen molar-refractivity contribution in [1.82, 2.24) is 44.3 Å². The maximum absolute atomic E-state index is 12.7. The number of aliphatic hydroxyl groups excluding tert-OH is 1. The molecule has 10 rings (SSSR count). The van der Waals surface area contributed by atoms with E-state index in [0.29, 0.717) is 59.3 Å².